The third-order valence-corrected chi connectivity index (χ3v) is 5.91. The zero-order chi connectivity index (χ0) is 23.5. The number of aliphatic hydroxyl groups is 1. The maximum Gasteiger partial charge on any atom is 0.449 e. The van der Waals surface area contributed by atoms with Gasteiger partial charge in [-0.2, -0.15) is 13.2 Å². The lowest BCUT2D eigenvalue weighted by Gasteiger charge is -2.43. The number of H-pyrrole nitrogens is 1. The van der Waals surface area contributed by atoms with Gasteiger partial charge in [0.05, 0.1) is 29.9 Å². The van der Waals surface area contributed by atoms with Gasteiger partial charge in [0, 0.05) is 12.1 Å². The number of piperidine rings is 1. The molecule has 1 saturated heterocycles. The monoisotopic (exact) mass is 460 g/mol. The van der Waals surface area contributed by atoms with Crippen LogP contribution in [0, 0.1) is 0 Å². The van der Waals surface area contributed by atoms with Crippen molar-refractivity contribution in [1.82, 2.24) is 34.4 Å². The number of aromatic amines is 1. The summed E-state index contributed by atoms with van der Waals surface area (Å²) in [4.78, 5) is 32.7. The highest BCUT2D eigenvalue weighted by Crippen LogP contribution is 2.35. The summed E-state index contributed by atoms with van der Waals surface area (Å²) in [7, 11) is 0. The Bertz CT molecular complexity index is 1380. The second-order valence-corrected chi connectivity index (χ2v) is 8.29. The van der Waals surface area contributed by atoms with Crippen LogP contribution in [0.1, 0.15) is 35.6 Å². The molecule has 1 amide bonds. The largest absolute Gasteiger partial charge is 0.449 e. The van der Waals surface area contributed by atoms with Crippen molar-refractivity contribution < 1.29 is 23.1 Å². The van der Waals surface area contributed by atoms with Crippen molar-refractivity contribution in [3.8, 4) is 0 Å². The maximum absolute atomic E-state index is 13.1. The molecule has 1 aliphatic rings. The Hall–Kier alpha value is -3.74. The number of carbonyl (C=O) groups excluding carboxylic acids is 1. The van der Waals surface area contributed by atoms with Crippen molar-refractivity contribution >= 4 is 33.9 Å². The van der Waals surface area contributed by atoms with Crippen molar-refractivity contribution in [2.75, 3.05) is 18.8 Å². The first-order valence-electron chi connectivity index (χ1n) is 10.1. The number of aromatic nitrogens is 6. The lowest BCUT2D eigenvalue weighted by Crippen LogP contribution is -2.54. The van der Waals surface area contributed by atoms with Gasteiger partial charge in [-0.25, -0.2) is 19.9 Å². The van der Waals surface area contributed by atoms with E-state index in [4.69, 9.17) is 5.73 Å². The molecule has 2 atom stereocenters. The number of halogens is 3. The Morgan fingerprint density at radius 3 is 2.82 bits per heavy atom. The Morgan fingerprint density at radius 1 is 1.30 bits per heavy atom. The van der Waals surface area contributed by atoms with E-state index < -0.39 is 29.6 Å². The molecule has 33 heavy (non-hydrogen) atoms. The van der Waals surface area contributed by atoms with Gasteiger partial charge < -0.3 is 25.3 Å². The van der Waals surface area contributed by atoms with Gasteiger partial charge in [-0.3, -0.25) is 4.79 Å². The average molecular weight is 460 g/mol. The zero-order valence-electron chi connectivity index (χ0n) is 17.3. The van der Waals surface area contributed by atoms with Crippen LogP contribution >= 0.6 is 0 Å². The molecule has 10 nitrogen and oxygen atoms in total. The fraction of sp³-hybridized carbons (Fsp3) is 0.350. The van der Waals surface area contributed by atoms with Crippen LogP contribution in [0.15, 0.2) is 30.9 Å². The van der Waals surface area contributed by atoms with E-state index in [-0.39, 0.29) is 29.0 Å². The minimum atomic E-state index is -4.61. The normalized spacial score (nSPS) is 21.7. The number of anilines is 1. The molecule has 172 valence electrons. The van der Waals surface area contributed by atoms with Crippen molar-refractivity contribution in [2.24, 2.45) is 0 Å². The molecule has 0 spiro atoms. The average Bonchev–Trinajstić information content (AvgIpc) is 3.37. The number of rotatable bonds is 2. The Kier molecular flexibility index (Phi) is 4.57. The van der Waals surface area contributed by atoms with Gasteiger partial charge in [-0.05, 0) is 31.5 Å². The number of nitrogens with two attached hydrogens (primary N) is 1. The molecule has 0 aliphatic carbocycles. The number of nitrogens with one attached hydrogen (secondary N) is 1. The molecular formula is C20H19F3N8O2. The summed E-state index contributed by atoms with van der Waals surface area (Å²) >= 11 is 0. The van der Waals surface area contributed by atoms with Crippen LogP contribution in [0.2, 0.25) is 0 Å². The van der Waals surface area contributed by atoms with Crippen LogP contribution in [-0.4, -0.2) is 64.1 Å². The summed E-state index contributed by atoms with van der Waals surface area (Å²) in [6.07, 6.45) is -1.36. The van der Waals surface area contributed by atoms with Crippen molar-refractivity contribution in [2.45, 2.75) is 31.2 Å². The number of hydrogen-bond acceptors (Lipinski definition) is 7. The van der Waals surface area contributed by atoms with Crippen molar-refractivity contribution in [3.63, 3.8) is 0 Å². The molecule has 4 aromatic rings. The van der Waals surface area contributed by atoms with E-state index in [2.05, 4.69) is 24.9 Å². The predicted octanol–water partition coefficient (Wildman–Crippen LogP) is 2.14. The standard InChI is InChI=1S/C20H19F3N8O2/c1-19(33)7-30(5-4-13(19)31-9-27-14-15(24)25-8-26-16(14)31)17(32)10-2-3-11-12(6-10)29-18(28-11)20(21,22)23/h2-3,6,8-9,13,33H,4-5,7H2,1H3,(H,28,29)(H2,24,25,26)/t13-,19-/m0/s1. The van der Waals surface area contributed by atoms with Crippen LogP contribution in [0.25, 0.3) is 22.2 Å². The summed E-state index contributed by atoms with van der Waals surface area (Å²) in [5.41, 5.74) is 5.84. The fourth-order valence-electron chi connectivity index (χ4n) is 4.33. The first-order chi connectivity index (χ1) is 15.5. The fourth-order valence-corrected chi connectivity index (χ4v) is 4.33. The molecular weight excluding hydrogens is 441 g/mol. The number of imidazole rings is 2. The summed E-state index contributed by atoms with van der Waals surface area (Å²) in [6.45, 7) is 1.93. The second-order valence-electron chi connectivity index (χ2n) is 8.29. The predicted molar refractivity (Wildman–Crippen MR) is 111 cm³/mol. The number of β-amino-alcohol motifs (C(OH)–C–C–N with tert-alkyl or cyclic N) is 1. The molecule has 1 fully saturated rings. The number of alkyl halides is 3. The van der Waals surface area contributed by atoms with Gasteiger partial charge in [-0.15, -0.1) is 0 Å². The first kappa shape index (κ1) is 21.1. The zero-order valence-corrected chi connectivity index (χ0v) is 17.3. The van der Waals surface area contributed by atoms with Crippen molar-refractivity contribution in [1.29, 1.82) is 0 Å². The van der Waals surface area contributed by atoms with Gasteiger partial charge in [0.1, 0.15) is 17.4 Å². The minimum Gasteiger partial charge on any atom is -0.386 e. The second kappa shape index (κ2) is 7.13. The van der Waals surface area contributed by atoms with E-state index in [1.165, 1.54) is 35.8 Å². The van der Waals surface area contributed by atoms with Crippen LogP contribution < -0.4 is 5.73 Å². The number of amides is 1. The van der Waals surface area contributed by atoms with E-state index in [1.54, 1.807) is 11.5 Å². The molecule has 0 radical (unpaired) electrons. The summed E-state index contributed by atoms with van der Waals surface area (Å²) in [6, 6.07) is 3.70. The molecule has 1 aliphatic heterocycles. The Morgan fingerprint density at radius 2 is 2.09 bits per heavy atom. The van der Waals surface area contributed by atoms with E-state index in [0.29, 0.717) is 24.1 Å². The third kappa shape index (κ3) is 3.53. The van der Waals surface area contributed by atoms with E-state index in [0.717, 1.165) is 0 Å². The van der Waals surface area contributed by atoms with Gasteiger partial charge in [0.15, 0.2) is 11.5 Å². The van der Waals surface area contributed by atoms with E-state index in [9.17, 15) is 23.1 Å². The summed E-state index contributed by atoms with van der Waals surface area (Å²) < 4.78 is 40.5. The molecule has 4 heterocycles. The van der Waals surface area contributed by atoms with Crippen LogP contribution in [0.4, 0.5) is 19.0 Å². The quantitative estimate of drug-likeness (QED) is 0.417. The molecule has 13 heteroatoms. The molecule has 0 bridgehead atoms. The number of fused-ring (bicyclic) bond motifs is 2. The summed E-state index contributed by atoms with van der Waals surface area (Å²) in [5, 5.41) is 11.2. The molecule has 4 N–H and O–H groups in total. The minimum absolute atomic E-state index is 0.00551. The molecule has 3 aromatic heterocycles. The van der Waals surface area contributed by atoms with E-state index >= 15 is 0 Å². The molecule has 0 unspecified atom stereocenters. The van der Waals surface area contributed by atoms with Gasteiger partial charge >= 0.3 is 6.18 Å². The SMILES string of the molecule is C[C@]1(O)CN(C(=O)c2ccc3nc(C(F)(F)F)[nH]c3c2)CC[C@@H]1n1cnc2c(N)ncnc21. The molecule has 1 aromatic carbocycles. The van der Waals surface area contributed by atoms with Crippen molar-refractivity contribution in [3.05, 3.63) is 42.2 Å². The van der Waals surface area contributed by atoms with Crippen LogP contribution in [0.3, 0.4) is 0 Å². The highest BCUT2D eigenvalue weighted by molar-refractivity contribution is 5.97. The molecule has 5 rings (SSSR count). The Balaban J connectivity index is 1.39. The smallest absolute Gasteiger partial charge is 0.386 e. The highest BCUT2D eigenvalue weighted by Gasteiger charge is 2.42. The van der Waals surface area contributed by atoms with Gasteiger partial charge in [0.2, 0.25) is 5.82 Å². The lowest BCUT2D eigenvalue weighted by atomic mass is 9.88. The lowest BCUT2D eigenvalue weighted by molar-refractivity contribution is -0.144. The number of hydrogen-bond donors (Lipinski definition) is 3. The number of nitrogen functional groups attached to an aromatic ring is 1. The first-order valence-corrected chi connectivity index (χ1v) is 10.1. The number of benzene rings is 1. The summed E-state index contributed by atoms with van der Waals surface area (Å²) in [5.74, 6) is -1.29. The number of carbonyl (C=O) groups is 1. The maximum atomic E-state index is 13.1. The van der Waals surface area contributed by atoms with E-state index in [1.807, 2.05) is 0 Å². The number of likely N-dealkylation sites (tertiary alicyclic amines) is 1. The van der Waals surface area contributed by atoms with Crippen LogP contribution in [0.5, 0.6) is 0 Å². The Labute approximate surface area is 184 Å². The number of nitrogens with zero attached hydrogens (tertiary/aromatic N) is 6. The van der Waals surface area contributed by atoms with Crippen LogP contribution in [-0.2, 0) is 6.18 Å². The highest BCUT2D eigenvalue weighted by atomic mass is 19.4. The molecule has 0 saturated carbocycles. The topological polar surface area (TPSA) is 139 Å². The third-order valence-electron chi connectivity index (χ3n) is 5.91. The van der Waals surface area contributed by atoms with Gasteiger partial charge in [0.25, 0.3) is 5.91 Å². The van der Waals surface area contributed by atoms with Gasteiger partial charge in [-0.1, -0.05) is 0 Å².